The van der Waals surface area contributed by atoms with Gasteiger partial charge in [0, 0.05) is 29.7 Å². The summed E-state index contributed by atoms with van der Waals surface area (Å²) in [6, 6.07) is 3.65. The second-order valence-corrected chi connectivity index (χ2v) is 8.81. The molecule has 0 N–H and O–H groups in total. The Balaban J connectivity index is 1.85. The fraction of sp³-hybridized carbons (Fsp3) is 0.409. The maximum Gasteiger partial charge on any atom is 0.410 e. The van der Waals surface area contributed by atoms with Gasteiger partial charge in [0.25, 0.3) is 0 Å². The Bertz CT molecular complexity index is 986. The molecule has 2 aromatic rings. The van der Waals surface area contributed by atoms with Gasteiger partial charge in [-0.25, -0.2) is 22.4 Å². The summed E-state index contributed by atoms with van der Waals surface area (Å²) in [6.07, 6.45) is 0.756. The predicted octanol–water partition coefficient (Wildman–Crippen LogP) is 5.69. The molecule has 0 bridgehead atoms. The summed E-state index contributed by atoms with van der Waals surface area (Å²) in [5.41, 5.74) is -0.881. The van der Waals surface area contributed by atoms with Crippen molar-refractivity contribution in [1.29, 1.82) is 0 Å². The number of rotatable bonds is 1. The molecular formula is C22H21F4NO2. The molecule has 0 aromatic heterocycles. The molecule has 1 aliphatic carbocycles. The Morgan fingerprint density at radius 3 is 2.21 bits per heavy atom. The molecule has 1 spiro atoms. The number of halogens is 4. The molecule has 4 rings (SSSR count). The maximum atomic E-state index is 14.8. The Morgan fingerprint density at radius 2 is 1.66 bits per heavy atom. The highest BCUT2D eigenvalue weighted by Crippen LogP contribution is 2.55. The van der Waals surface area contributed by atoms with Crippen molar-refractivity contribution in [2.24, 2.45) is 0 Å². The van der Waals surface area contributed by atoms with E-state index < -0.39 is 45.9 Å². The largest absolute Gasteiger partial charge is 0.444 e. The van der Waals surface area contributed by atoms with Gasteiger partial charge in [-0.15, -0.1) is 0 Å². The molecular weight excluding hydrogens is 386 g/mol. The Morgan fingerprint density at radius 1 is 1.03 bits per heavy atom. The van der Waals surface area contributed by atoms with Crippen LogP contribution in [-0.4, -0.2) is 23.1 Å². The first-order chi connectivity index (χ1) is 13.5. The normalized spacial score (nSPS) is 17.3. The number of carbonyl (C=O) groups is 1. The van der Waals surface area contributed by atoms with Crippen molar-refractivity contribution in [3.05, 3.63) is 58.7 Å². The van der Waals surface area contributed by atoms with Crippen LogP contribution in [0.3, 0.4) is 0 Å². The molecule has 1 fully saturated rings. The van der Waals surface area contributed by atoms with Gasteiger partial charge in [0.15, 0.2) is 0 Å². The smallest absolute Gasteiger partial charge is 0.410 e. The molecule has 3 nitrogen and oxygen atoms in total. The second-order valence-electron chi connectivity index (χ2n) is 8.81. The summed E-state index contributed by atoms with van der Waals surface area (Å²) in [4.78, 5) is 14.1. The molecule has 2 aliphatic rings. The minimum Gasteiger partial charge on any atom is -0.444 e. The highest BCUT2D eigenvalue weighted by molar-refractivity contribution is 5.75. The molecule has 0 atom stereocenters. The Kier molecular flexibility index (Phi) is 4.40. The van der Waals surface area contributed by atoms with E-state index >= 15 is 0 Å². The van der Waals surface area contributed by atoms with E-state index in [1.54, 1.807) is 20.8 Å². The predicted molar refractivity (Wildman–Crippen MR) is 99.3 cm³/mol. The van der Waals surface area contributed by atoms with Crippen LogP contribution in [0.1, 0.15) is 44.7 Å². The molecule has 7 heteroatoms. The fourth-order valence-electron chi connectivity index (χ4n) is 4.10. The van der Waals surface area contributed by atoms with Crippen molar-refractivity contribution in [2.45, 2.75) is 51.2 Å². The number of benzene rings is 2. The summed E-state index contributed by atoms with van der Waals surface area (Å²) in [5.74, 6) is -3.65. The number of ether oxygens (including phenoxy) is 1. The van der Waals surface area contributed by atoms with Crippen molar-refractivity contribution >= 4 is 6.09 Å². The first-order valence-electron chi connectivity index (χ1n) is 9.45. The first kappa shape index (κ1) is 19.7. The van der Waals surface area contributed by atoms with E-state index in [-0.39, 0.29) is 18.7 Å². The van der Waals surface area contributed by atoms with Crippen molar-refractivity contribution < 1.29 is 27.1 Å². The van der Waals surface area contributed by atoms with Gasteiger partial charge in [-0.2, -0.15) is 0 Å². The second kappa shape index (κ2) is 6.47. The van der Waals surface area contributed by atoms with Gasteiger partial charge in [-0.3, -0.25) is 0 Å². The number of fused-ring (bicyclic) bond motifs is 2. The molecule has 2 aromatic carbocycles. The first-order valence-corrected chi connectivity index (χ1v) is 9.45. The van der Waals surface area contributed by atoms with E-state index in [1.807, 2.05) is 0 Å². The summed E-state index contributed by atoms with van der Waals surface area (Å²) in [7, 11) is 0. The van der Waals surface area contributed by atoms with Crippen molar-refractivity contribution in [3.63, 3.8) is 0 Å². The van der Waals surface area contributed by atoms with Crippen molar-refractivity contribution in [1.82, 2.24) is 4.90 Å². The highest BCUT2D eigenvalue weighted by atomic mass is 19.1. The number of nitrogens with zero attached hydrogens (tertiary/aromatic N) is 1. The monoisotopic (exact) mass is 407 g/mol. The Hall–Kier alpha value is -2.57. The van der Waals surface area contributed by atoms with Gasteiger partial charge in [0.1, 0.15) is 28.9 Å². The van der Waals surface area contributed by atoms with Crippen LogP contribution in [0.15, 0.2) is 24.3 Å². The van der Waals surface area contributed by atoms with Gasteiger partial charge < -0.3 is 9.64 Å². The zero-order valence-electron chi connectivity index (χ0n) is 16.4. The third kappa shape index (κ3) is 3.47. The zero-order valence-corrected chi connectivity index (χ0v) is 16.4. The quantitative estimate of drug-likeness (QED) is 0.568. The summed E-state index contributed by atoms with van der Waals surface area (Å²) in [6.45, 7) is 5.46. The lowest BCUT2D eigenvalue weighted by Crippen LogP contribution is -2.44. The third-order valence-electron chi connectivity index (χ3n) is 5.42. The van der Waals surface area contributed by atoms with Gasteiger partial charge in [-0.05, 0) is 50.8 Å². The highest BCUT2D eigenvalue weighted by Gasteiger charge is 2.52. The molecule has 1 heterocycles. The lowest BCUT2D eigenvalue weighted by Gasteiger charge is -2.37. The lowest BCUT2D eigenvalue weighted by molar-refractivity contribution is 0.0195. The minimum atomic E-state index is -1.07. The molecule has 0 saturated heterocycles. The van der Waals surface area contributed by atoms with Crippen LogP contribution in [0.2, 0.25) is 0 Å². The molecule has 1 saturated carbocycles. The van der Waals surface area contributed by atoms with Gasteiger partial charge in [0.05, 0.1) is 12.1 Å². The molecule has 1 aliphatic heterocycles. The van der Waals surface area contributed by atoms with E-state index in [1.165, 1.54) is 17.0 Å². The van der Waals surface area contributed by atoms with Crippen LogP contribution >= 0.6 is 0 Å². The fourth-order valence-corrected chi connectivity index (χ4v) is 4.10. The zero-order chi connectivity index (χ0) is 21.1. The lowest BCUT2D eigenvalue weighted by atomic mass is 9.82. The number of hydrogen-bond donors (Lipinski definition) is 0. The molecule has 0 unspecified atom stereocenters. The SMILES string of the molecule is CC(C)(C)OC(=O)N1Cc2c(-c3c(F)cc(F)cc3F)ccc(F)c2C2(CC2)C1. The number of hydrogen-bond acceptors (Lipinski definition) is 2. The summed E-state index contributed by atoms with van der Waals surface area (Å²) >= 11 is 0. The van der Waals surface area contributed by atoms with Crippen LogP contribution in [0, 0.1) is 23.3 Å². The van der Waals surface area contributed by atoms with E-state index in [4.69, 9.17) is 4.74 Å². The van der Waals surface area contributed by atoms with Gasteiger partial charge >= 0.3 is 6.09 Å². The van der Waals surface area contributed by atoms with Crippen LogP contribution in [0.5, 0.6) is 0 Å². The third-order valence-corrected chi connectivity index (χ3v) is 5.42. The minimum absolute atomic E-state index is 0.0463. The van der Waals surface area contributed by atoms with E-state index in [0.717, 1.165) is 0 Å². The number of amides is 1. The maximum absolute atomic E-state index is 14.8. The number of carbonyl (C=O) groups excluding carboxylic acids is 1. The van der Waals surface area contributed by atoms with E-state index in [0.29, 0.717) is 36.1 Å². The average Bonchev–Trinajstić information content (AvgIpc) is 3.33. The standard InChI is InChI=1S/C22H21F4NO2/c1-21(2,3)29-20(28)27-10-14-13(18-16(25)8-12(23)9-17(18)26)4-5-15(24)19(14)22(11-27)6-7-22/h4-5,8-9H,6-7,10-11H2,1-3H3. The van der Waals surface area contributed by atoms with E-state index in [2.05, 4.69) is 0 Å². The van der Waals surface area contributed by atoms with Gasteiger partial charge in [-0.1, -0.05) is 6.07 Å². The van der Waals surface area contributed by atoms with Crippen LogP contribution in [0.25, 0.3) is 11.1 Å². The van der Waals surface area contributed by atoms with Crippen molar-refractivity contribution in [3.8, 4) is 11.1 Å². The summed E-state index contributed by atoms with van der Waals surface area (Å²) in [5, 5.41) is 0. The molecule has 0 radical (unpaired) electrons. The van der Waals surface area contributed by atoms with Crippen LogP contribution in [0.4, 0.5) is 22.4 Å². The van der Waals surface area contributed by atoms with Crippen LogP contribution < -0.4 is 0 Å². The molecule has 29 heavy (non-hydrogen) atoms. The topological polar surface area (TPSA) is 29.5 Å². The molecule has 1 amide bonds. The van der Waals surface area contributed by atoms with E-state index in [9.17, 15) is 22.4 Å². The van der Waals surface area contributed by atoms with Crippen LogP contribution in [-0.2, 0) is 16.7 Å². The van der Waals surface area contributed by atoms with Crippen molar-refractivity contribution in [2.75, 3.05) is 6.54 Å². The molecule has 154 valence electrons. The summed E-state index contributed by atoms with van der Waals surface area (Å²) < 4.78 is 62.6. The average molecular weight is 407 g/mol. The Labute approximate surface area is 166 Å². The van der Waals surface area contributed by atoms with Gasteiger partial charge in [0.2, 0.25) is 0 Å².